The zero-order valence-corrected chi connectivity index (χ0v) is 13.8. The van der Waals surface area contributed by atoms with E-state index in [0.717, 1.165) is 18.4 Å². The van der Waals surface area contributed by atoms with E-state index in [9.17, 15) is 22.0 Å². The molecular formula is C20H15F5O. The lowest BCUT2D eigenvalue weighted by atomic mass is 10.1. The van der Waals surface area contributed by atoms with Crippen molar-refractivity contribution >= 4 is 0 Å². The lowest BCUT2D eigenvalue weighted by molar-refractivity contribution is -0.133. The van der Waals surface area contributed by atoms with Crippen LogP contribution in [0.2, 0.25) is 0 Å². The second-order valence-electron chi connectivity index (χ2n) is 5.44. The molecule has 136 valence electrons. The van der Waals surface area contributed by atoms with Gasteiger partial charge in [0.2, 0.25) is 0 Å². The average Bonchev–Trinajstić information content (AvgIpc) is 2.54. The molecule has 2 aromatic carbocycles. The highest BCUT2D eigenvalue weighted by Gasteiger charge is 2.30. The fourth-order valence-electron chi connectivity index (χ4n) is 2.16. The number of alkyl halides is 2. The molecule has 0 atom stereocenters. The molecule has 0 aliphatic carbocycles. The first kappa shape index (κ1) is 19.5. The number of ether oxygens (including phenoxy) is 1. The second kappa shape index (κ2) is 8.52. The van der Waals surface area contributed by atoms with Crippen LogP contribution in [0.4, 0.5) is 22.0 Å². The molecule has 0 saturated carbocycles. The van der Waals surface area contributed by atoms with E-state index in [1.165, 1.54) is 30.3 Å². The molecule has 0 radical (unpaired) electrons. The summed E-state index contributed by atoms with van der Waals surface area (Å²) in [5.41, 5.74) is 1.54. The number of aryl methyl sites for hydroxylation is 1. The summed E-state index contributed by atoms with van der Waals surface area (Å²) in [6, 6.07) is 9.90. The predicted octanol–water partition coefficient (Wildman–Crippen LogP) is 5.93. The third kappa shape index (κ3) is 5.92. The van der Waals surface area contributed by atoms with E-state index in [1.807, 2.05) is 6.92 Å². The van der Waals surface area contributed by atoms with E-state index in [2.05, 4.69) is 16.6 Å². The van der Waals surface area contributed by atoms with E-state index in [-0.39, 0.29) is 11.3 Å². The maximum atomic E-state index is 14.0. The van der Waals surface area contributed by atoms with Crippen LogP contribution in [0.3, 0.4) is 0 Å². The minimum atomic E-state index is -4.12. The summed E-state index contributed by atoms with van der Waals surface area (Å²) in [7, 11) is 0. The van der Waals surface area contributed by atoms with Crippen LogP contribution in [-0.4, -0.2) is 6.11 Å². The van der Waals surface area contributed by atoms with E-state index in [0.29, 0.717) is 5.56 Å². The van der Waals surface area contributed by atoms with Gasteiger partial charge in [0.25, 0.3) is 6.08 Å². The van der Waals surface area contributed by atoms with E-state index < -0.39 is 24.1 Å². The predicted molar refractivity (Wildman–Crippen MR) is 88.7 cm³/mol. The SMILES string of the molecule is CCCc1ccc(C#Cc2ccc(OC(F)(F)C=C(F)F)cc2)c(F)c1. The molecule has 26 heavy (non-hydrogen) atoms. The Morgan fingerprint density at radius 3 is 2.35 bits per heavy atom. The highest BCUT2D eigenvalue weighted by molar-refractivity contribution is 5.45. The molecule has 0 spiro atoms. The van der Waals surface area contributed by atoms with Crippen molar-refractivity contribution in [2.75, 3.05) is 0 Å². The first-order chi connectivity index (χ1) is 12.3. The lowest BCUT2D eigenvalue weighted by Gasteiger charge is -2.13. The average molecular weight is 366 g/mol. The van der Waals surface area contributed by atoms with Gasteiger partial charge in [0.05, 0.1) is 11.6 Å². The van der Waals surface area contributed by atoms with E-state index >= 15 is 0 Å². The number of halogens is 5. The fourth-order valence-corrected chi connectivity index (χ4v) is 2.16. The summed E-state index contributed by atoms with van der Waals surface area (Å²) >= 11 is 0. The van der Waals surface area contributed by atoms with Gasteiger partial charge in [0.1, 0.15) is 11.6 Å². The van der Waals surface area contributed by atoms with Gasteiger partial charge < -0.3 is 4.74 Å². The Labute approximate surface area is 148 Å². The molecule has 0 N–H and O–H groups in total. The maximum Gasteiger partial charge on any atom is 0.425 e. The Hall–Kier alpha value is -2.81. The summed E-state index contributed by atoms with van der Waals surface area (Å²) in [4.78, 5) is 0. The Bertz CT molecular complexity index is 841. The van der Waals surface area contributed by atoms with Gasteiger partial charge in [0, 0.05) is 5.56 Å². The normalized spacial score (nSPS) is 10.7. The van der Waals surface area contributed by atoms with Crippen LogP contribution in [0.5, 0.6) is 5.75 Å². The van der Waals surface area contributed by atoms with Gasteiger partial charge in [-0.05, 0) is 48.4 Å². The molecule has 0 aliphatic heterocycles. The first-order valence-corrected chi connectivity index (χ1v) is 7.80. The molecule has 1 nitrogen and oxygen atoms in total. The van der Waals surface area contributed by atoms with Crippen molar-refractivity contribution in [2.24, 2.45) is 0 Å². The van der Waals surface area contributed by atoms with Crippen LogP contribution in [-0.2, 0) is 6.42 Å². The Kier molecular flexibility index (Phi) is 6.40. The third-order valence-corrected chi connectivity index (χ3v) is 3.30. The van der Waals surface area contributed by atoms with Gasteiger partial charge in [-0.2, -0.15) is 17.6 Å². The summed E-state index contributed by atoms with van der Waals surface area (Å²) in [6.07, 6.45) is -5.55. The van der Waals surface area contributed by atoms with Crippen LogP contribution in [0.1, 0.15) is 30.0 Å². The van der Waals surface area contributed by atoms with Gasteiger partial charge in [-0.15, -0.1) is 0 Å². The van der Waals surface area contributed by atoms with Crippen LogP contribution < -0.4 is 4.74 Å². The molecule has 2 aromatic rings. The van der Waals surface area contributed by atoms with Crippen molar-refractivity contribution in [1.82, 2.24) is 0 Å². The zero-order valence-electron chi connectivity index (χ0n) is 13.8. The highest BCUT2D eigenvalue weighted by Crippen LogP contribution is 2.24. The molecule has 0 aliphatic rings. The van der Waals surface area contributed by atoms with Crippen molar-refractivity contribution in [3.63, 3.8) is 0 Å². The van der Waals surface area contributed by atoms with Crippen LogP contribution in [0, 0.1) is 17.7 Å². The summed E-state index contributed by atoms with van der Waals surface area (Å²) < 4.78 is 68.2. The summed E-state index contributed by atoms with van der Waals surface area (Å²) in [5, 5.41) is 0. The first-order valence-electron chi connectivity index (χ1n) is 7.80. The molecule has 6 heteroatoms. The Balaban J connectivity index is 2.11. The monoisotopic (exact) mass is 366 g/mol. The molecule has 0 saturated heterocycles. The van der Waals surface area contributed by atoms with Gasteiger partial charge in [-0.25, -0.2) is 4.39 Å². The van der Waals surface area contributed by atoms with Crippen LogP contribution in [0.15, 0.2) is 54.6 Å². The summed E-state index contributed by atoms with van der Waals surface area (Å²) in [5.74, 6) is 4.65. The molecular weight excluding hydrogens is 351 g/mol. The molecule has 0 amide bonds. The standard InChI is InChI=1S/C20H15F5O/c1-2-3-15-5-9-16(18(21)12-15)8-4-14-6-10-17(11-7-14)26-20(24,25)13-19(22)23/h5-7,9-13H,2-3H2,1H3. The molecule has 0 aromatic heterocycles. The minimum Gasteiger partial charge on any atom is -0.429 e. The molecule has 0 bridgehead atoms. The molecule has 0 heterocycles. The van der Waals surface area contributed by atoms with Crippen molar-refractivity contribution in [3.8, 4) is 17.6 Å². The largest absolute Gasteiger partial charge is 0.429 e. The van der Waals surface area contributed by atoms with Gasteiger partial charge in [-0.1, -0.05) is 31.3 Å². The van der Waals surface area contributed by atoms with Crippen molar-refractivity contribution in [1.29, 1.82) is 0 Å². The van der Waals surface area contributed by atoms with Gasteiger partial charge in [0.15, 0.2) is 0 Å². The lowest BCUT2D eigenvalue weighted by Crippen LogP contribution is -2.21. The highest BCUT2D eigenvalue weighted by atomic mass is 19.3. The number of hydrogen-bond acceptors (Lipinski definition) is 1. The van der Waals surface area contributed by atoms with Gasteiger partial charge >= 0.3 is 6.11 Å². The smallest absolute Gasteiger partial charge is 0.425 e. The number of hydrogen-bond donors (Lipinski definition) is 0. The molecule has 2 rings (SSSR count). The Morgan fingerprint density at radius 2 is 1.77 bits per heavy atom. The number of rotatable bonds is 5. The third-order valence-electron chi connectivity index (χ3n) is 3.30. The van der Waals surface area contributed by atoms with E-state index in [4.69, 9.17) is 0 Å². The van der Waals surface area contributed by atoms with Crippen LogP contribution in [0.25, 0.3) is 0 Å². The topological polar surface area (TPSA) is 9.23 Å². The summed E-state index contributed by atoms with van der Waals surface area (Å²) in [6.45, 7) is 2.00. The molecule has 0 unspecified atom stereocenters. The van der Waals surface area contributed by atoms with Crippen molar-refractivity contribution in [2.45, 2.75) is 25.9 Å². The quantitative estimate of drug-likeness (QED) is 0.471. The number of benzene rings is 2. The van der Waals surface area contributed by atoms with E-state index in [1.54, 1.807) is 12.1 Å². The minimum absolute atomic E-state index is 0.222. The van der Waals surface area contributed by atoms with Crippen molar-refractivity contribution < 1.29 is 26.7 Å². The van der Waals surface area contributed by atoms with Gasteiger partial charge in [-0.3, -0.25) is 0 Å². The molecule has 0 fully saturated rings. The maximum absolute atomic E-state index is 14.0. The second-order valence-corrected chi connectivity index (χ2v) is 5.44. The van der Waals surface area contributed by atoms with Crippen molar-refractivity contribution in [3.05, 3.63) is 77.1 Å². The van der Waals surface area contributed by atoms with Crippen LogP contribution >= 0.6 is 0 Å². The zero-order chi connectivity index (χ0) is 19.2. The fraction of sp³-hybridized carbons (Fsp3) is 0.200. The Morgan fingerprint density at radius 1 is 1.08 bits per heavy atom.